The molecule has 2 aromatic rings. The summed E-state index contributed by atoms with van der Waals surface area (Å²) >= 11 is 0. The molecule has 9 heteroatoms. The predicted octanol–water partition coefficient (Wildman–Crippen LogP) is 3.92. The first-order valence-electron chi connectivity index (χ1n) is 9.64. The highest BCUT2D eigenvalue weighted by atomic mass is 19.4. The molecule has 1 fully saturated rings. The van der Waals surface area contributed by atoms with Gasteiger partial charge in [-0.05, 0) is 41.3 Å². The van der Waals surface area contributed by atoms with Crippen LogP contribution in [-0.2, 0) is 0 Å². The number of hydrogen-bond acceptors (Lipinski definition) is 4. The number of hydrogen-bond donors (Lipinski definition) is 3. The molecule has 3 atom stereocenters. The summed E-state index contributed by atoms with van der Waals surface area (Å²) in [4.78, 5) is 25.3. The Morgan fingerprint density at radius 2 is 1.68 bits per heavy atom. The number of carbonyl (C=O) groups excluding carboxylic acids is 2. The molecule has 0 spiro atoms. The Bertz CT molecular complexity index is 958. The molecule has 1 saturated heterocycles. The van der Waals surface area contributed by atoms with Gasteiger partial charge in [0.15, 0.2) is 5.78 Å². The van der Waals surface area contributed by atoms with Gasteiger partial charge in [0.05, 0.1) is 13.2 Å². The number of carbonyl (C=O) groups is 2. The zero-order chi connectivity index (χ0) is 23.0. The average molecular weight is 436 g/mol. The summed E-state index contributed by atoms with van der Waals surface area (Å²) in [5.41, 5.74) is -2.61. The van der Waals surface area contributed by atoms with Crippen molar-refractivity contribution in [2.45, 2.75) is 37.7 Å². The van der Waals surface area contributed by atoms with Crippen LogP contribution < -0.4 is 15.4 Å². The van der Waals surface area contributed by atoms with Crippen LogP contribution in [0.3, 0.4) is 0 Å². The van der Waals surface area contributed by atoms with E-state index >= 15 is 0 Å². The molecule has 1 heterocycles. The molecule has 2 amide bonds. The van der Waals surface area contributed by atoms with Crippen LogP contribution in [0.2, 0.25) is 0 Å². The van der Waals surface area contributed by atoms with Gasteiger partial charge in [-0.15, -0.1) is 0 Å². The summed E-state index contributed by atoms with van der Waals surface area (Å²) < 4.78 is 46.8. The van der Waals surface area contributed by atoms with E-state index < -0.39 is 35.7 Å². The quantitative estimate of drug-likeness (QED) is 0.620. The Labute approximate surface area is 177 Å². The van der Waals surface area contributed by atoms with Gasteiger partial charge in [0.1, 0.15) is 11.7 Å². The second-order valence-corrected chi connectivity index (χ2v) is 7.73. The second kappa shape index (κ2) is 8.22. The van der Waals surface area contributed by atoms with E-state index in [0.29, 0.717) is 5.75 Å². The molecule has 0 unspecified atom stereocenters. The van der Waals surface area contributed by atoms with Gasteiger partial charge in [0.25, 0.3) is 0 Å². The molecule has 31 heavy (non-hydrogen) atoms. The molecule has 0 bridgehead atoms. The lowest BCUT2D eigenvalue weighted by molar-refractivity contribution is -0.287. The second-order valence-electron chi connectivity index (χ2n) is 7.73. The normalized spacial score (nSPS) is 23.8. The van der Waals surface area contributed by atoms with Crippen LogP contribution >= 0.6 is 0 Å². The zero-order valence-corrected chi connectivity index (χ0v) is 17.2. The maximum Gasteiger partial charge on any atom is 0.437 e. The number of rotatable bonds is 5. The fourth-order valence-electron chi connectivity index (χ4n) is 3.64. The van der Waals surface area contributed by atoms with Crippen LogP contribution in [0.4, 0.5) is 18.0 Å². The maximum absolute atomic E-state index is 13.9. The van der Waals surface area contributed by atoms with E-state index in [4.69, 9.17) is 4.74 Å². The highest BCUT2D eigenvalue weighted by Crippen LogP contribution is 2.44. The van der Waals surface area contributed by atoms with Crippen molar-refractivity contribution in [3.63, 3.8) is 0 Å². The van der Waals surface area contributed by atoms with Gasteiger partial charge < -0.3 is 20.5 Å². The number of alkyl halides is 3. The minimum Gasteiger partial charge on any atom is -0.497 e. The van der Waals surface area contributed by atoms with Gasteiger partial charge in [-0.3, -0.25) is 4.79 Å². The minimum atomic E-state index is -5.30. The van der Waals surface area contributed by atoms with Crippen LogP contribution in [0, 0.1) is 5.92 Å². The number of methoxy groups -OCH3 is 1. The molecule has 0 aromatic heterocycles. The van der Waals surface area contributed by atoms with E-state index in [1.807, 2.05) is 13.8 Å². The number of ether oxygens (including phenoxy) is 1. The molecule has 3 N–H and O–H groups in total. The lowest BCUT2D eigenvalue weighted by atomic mass is 9.77. The number of ketones is 1. The highest BCUT2D eigenvalue weighted by Gasteiger charge is 2.66. The van der Waals surface area contributed by atoms with Crippen LogP contribution in [-0.4, -0.2) is 35.9 Å². The van der Waals surface area contributed by atoms with Gasteiger partial charge in [-0.1, -0.05) is 38.1 Å². The number of nitrogens with one attached hydrogen (secondary N) is 2. The Morgan fingerprint density at radius 1 is 1.10 bits per heavy atom. The maximum atomic E-state index is 13.9. The summed E-state index contributed by atoms with van der Waals surface area (Å²) in [7, 11) is 1.41. The van der Waals surface area contributed by atoms with E-state index in [-0.39, 0.29) is 17.0 Å². The molecule has 1 aliphatic heterocycles. The standard InChI is InChI=1S/C22H23F3N2O4/c1-12(2)13-4-6-14(7-5-13)18-17(19(28)15-8-10-16(31-3)11-9-15)21(30,22(23,24)25)27-20(29)26-18/h4-12,17-18,30H,1-3H3,(H2,26,27,29)/t17-,18-,21-/m0/s1. The van der Waals surface area contributed by atoms with E-state index in [1.165, 1.54) is 36.7 Å². The number of urea groups is 1. The van der Waals surface area contributed by atoms with Crippen molar-refractivity contribution in [1.82, 2.24) is 10.6 Å². The lowest BCUT2D eigenvalue weighted by Crippen LogP contribution is -2.72. The Morgan fingerprint density at radius 3 is 2.16 bits per heavy atom. The molecule has 1 aliphatic rings. The Kier molecular flexibility index (Phi) is 6.00. The van der Waals surface area contributed by atoms with Gasteiger partial charge in [-0.2, -0.15) is 13.2 Å². The summed E-state index contributed by atoms with van der Waals surface area (Å²) in [6.07, 6.45) is -5.30. The molecular weight excluding hydrogens is 413 g/mol. The fourth-order valence-corrected chi connectivity index (χ4v) is 3.64. The Balaban J connectivity index is 2.11. The molecule has 2 aromatic carbocycles. The summed E-state index contributed by atoms with van der Waals surface area (Å²) in [6.45, 7) is 3.92. The minimum absolute atomic E-state index is 0.0600. The number of benzene rings is 2. The third-order valence-corrected chi connectivity index (χ3v) is 5.43. The fraction of sp³-hybridized carbons (Fsp3) is 0.364. The highest BCUT2D eigenvalue weighted by molar-refractivity contribution is 6.00. The molecule has 6 nitrogen and oxygen atoms in total. The van der Waals surface area contributed by atoms with Crippen LogP contribution in [0.1, 0.15) is 47.3 Å². The summed E-state index contributed by atoms with van der Waals surface area (Å²) in [6, 6.07) is 9.40. The van der Waals surface area contributed by atoms with Gasteiger partial charge in [0.2, 0.25) is 5.72 Å². The van der Waals surface area contributed by atoms with Crippen molar-refractivity contribution >= 4 is 11.8 Å². The van der Waals surface area contributed by atoms with E-state index in [1.54, 1.807) is 24.3 Å². The third kappa shape index (κ3) is 4.23. The van der Waals surface area contributed by atoms with E-state index in [0.717, 1.165) is 5.56 Å². The monoisotopic (exact) mass is 436 g/mol. The average Bonchev–Trinajstić information content (AvgIpc) is 2.72. The van der Waals surface area contributed by atoms with Crippen LogP contribution in [0.15, 0.2) is 48.5 Å². The molecule has 166 valence electrons. The van der Waals surface area contributed by atoms with Crippen molar-refractivity contribution < 1.29 is 32.6 Å². The topological polar surface area (TPSA) is 87.7 Å². The third-order valence-electron chi connectivity index (χ3n) is 5.43. The van der Waals surface area contributed by atoms with E-state index in [2.05, 4.69) is 5.32 Å². The first-order valence-corrected chi connectivity index (χ1v) is 9.64. The molecular formula is C22H23F3N2O4. The number of amides is 2. The van der Waals surface area contributed by atoms with Crippen molar-refractivity contribution in [2.24, 2.45) is 5.92 Å². The zero-order valence-electron chi connectivity index (χ0n) is 17.2. The molecule has 0 radical (unpaired) electrons. The van der Waals surface area contributed by atoms with Crippen molar-refractivity contribution in [2.75, 3.05) is 7.11 Å². The van der Waals surface area contributed by atoms with Crippen molar-refractivity contribution in [3.05, 3.63) is 65.2 Å². The number of halogens is 3. The number of Topliss-reactive ketones (excluding diaryl/α,β-unsaturated/α-hetero) is 1. The predicted molar refractivity (Wildman–Crippen MR) is 107 cm³/mol. The van der Waals surface area contributed by atoms with Crippen LogP contribution in [0.5, 0.6) is 5.75 Å². The number of aliphatic hydroxyl groups is 1. The molecule has 3 rings (SSSR count). The van der Waals surface area contributed by atoms with E-state index in [9.17, 15) is 27.9 Å². The van der Waals surface area contributed by atoms with Crippen molar-refractivity contribution in [1.29, 1.82) is 0 Å². The Hall–Kier alpha value is -3.07. The van der Waals surface area contributed by atoms with Gasteiger partial charge >= 0.3 is 12.2 Å². The molecule has 0 saturated carbocycles. The molecule has 0 aliphatic carbocycles. The van der Waals surface area contributed by atoms with Gasteiger partial charge in [0, 0.05) is 5.56 Å². The van der Waals surface area contributed by atoms with Gasteiger partial charge in [-0.25, -0.2) is 4.79 Å². The largest absolute Gasteiger partial charge is 0.497 e. The first-order chi connectivity index (χ1) is 14.5. The summed E-state index contributed by atoms with van der Waals surface area (Å²) in [5, 5.41) is 14.5. The summed E-state index contributed by atoms with van der Waals surface area (Å²) in [5.74, 6) is -2.45. The smallest absolute Gasteiger partial charge is 0.437 e. The lowest BCUT2D eigenvalue weighted by Gasteiger charge is -2.45. The first kappa shape index (κ1) is 22.6. The SMILES string of the molecule is COc1ccc(C(=O)[C@@H]2[C@H](c3ccc(C(C)C)cc3)NC(=O)N[C@@]2(O)C(F)(F)F)cc1. The van der Waals surface area contributed by atoms with Crippen LogP contribution in [0.25, 0.3) is 0 Å². The van der Waals surface area contributed by atoms with Crippen molar-refractivity contribution in [3.8, 4) is 5.75 Å².